The van der Waals surface area contributed by atoms with Crippen LogP contribution in [0.25, 0.3) is 0 Å². The van der Waals surface area contributed by atoms with Crippen LogP contribution in [0.2, 0.25) is 5.02 Å². The van der Waals surface area contributed by atoms with Crippen molar-refractivity contribution in [3.63, 3.8) is 0 Å². The number of nitrogens with zero attached hydrogens (tertiary/aromatic N) is 1. The first kappa shape index (κ1) is 27.3. The molecule has 1 heterocycles. The molecule has 8 heteroatoms. The molecule has 1 aliphatic rings. The zero-order chi connectivity index (χ0) is 25.9. The highest BCUT2D eigenvalue weighted by molar-refractivity contribution is 6.31. The summed E-state index contributed by atoms with van der Waals surface area (Å²) in [5.74, 6) is -1.54. The average Bonchev–Trinajstić information content (AvgIpc) is 3.13. The number of aryl methyl sites for hydroxylation is 1. The van der Waals surface area contributed by atoms with Gasteiger partial charge in [-0.25, -0.2) is 8.78 Å². The van der Waals surface area contributed by atoms with Gasteiger partial charge >= 0.3 is 5.97 Å². The van der Waals surface area contributed by atoms with Gasteiger partial charge in [0.2, 0.25) is 0 Å². The largest absolute Gasteiger partial charge is 0.481 e. The Morgan fingerprint density at radius 1 is 1.26 bits per heavy atom. The van der Waals surface area contributed by atoms with Crippen molar-refractivity contribution in [1.29, 1.82) is 0 Å². The number of Topliss-reactive ketones (excluding diaryl/α,β-unsaturated/α-hetero) is 1. The van der Waals surface area contributed by atoms with E-state index in [9.17, 15) is 23.5 Å². The lowest BCUT2D eigenvalue weighted by Gasteiger charge is -2.38. The summed E-state index contributed by atoms with van der Waals surface area (Å²) in [6, 6.07) is 5.38. The maximum Gasteiger partial charge on any atom is 0.303 e. The van der Waals surface area contributed by atoms with Crippen molar-refractivity contribution in [1.82, 2.24) is 5.16 Å². The number of halogens is 3. The second kappa shape index (κ2) is 11.2. The van der Waals surface area contributed by atoms with Crippen LogP contribution in [0, 0.1) is 18.3 Å². The number of hydrogen-bond acceptors (Lipinski definition) is 4. The first-order valence-corrected chi connectivity index (χ1v) is 12.5. The number of carbonyl (C=O) groups is 2. The lowest BCUT2D eigenvalue weighted by Crippen LogP contribution is -2.26. The average molecular weight is 510 g/mol. The molecule has 1 fully saturated rings. The highest BCUT2D eigenvalue weighted by Gasteiger charge is 2.40. The first-order valence-electron chi connectivity index (χ1n) is 12.1. The summed E-state index contributed by atoms with van der Waals surface area (Å²) in [5.41, 5.74) is 1.52. The van der Waals surface area contributed by atoms with Crippen molar-refractivity contribution in [3.8, 4) is 0 Å². The minimum absolute atomic E-state index is 0.0128. The molecule has 0 amide bonds. The van der Waals surface area contributed by atoms with Gasteiger partial charge in [-0.1, -0.05) is 49.7 Å². The number of aromatic nitrogens is 1. The van der Waals surface area contributed by atoms with Crippen LogP contribution in [0.4, 0.5) is 8.78 Å². The van der Waals surface area contributed by atoms with E-state index in [0.717, 1.165) is 24.8 Å². The van der Waals surface area contributed by atoms with Crippen LogP contribution in [0.15, 0.2) is 22.7 Å². The van der Waals surface area contributed by atoms with E-state index >= 15 is 0 Å². The molecule has 1 aliphatic carbocycles. The summed E-state index contributed by atoms with van der Waals surface area (Å²) in [7, 11) is 0. The molecule has 2 aromatic rings. The highest BCUT2D eigenvalue weighted by atomic mass is 35.5. The maximum absolute atomic E-state index is 14.2. The highest BCUT2D eigenvalue weighted by Crippen LogP contribution is 2.50. The normalized spacial score (nSPS) is 19.0. The number of aliphatic carboxylic acids is 1. The lowest BCUT2D eigenvalue weighted by molar-refractivity contribution is -0.137. The van der Waals surface area contributed by atoms with Crippen LogP contribution >= 0.6 is 11.6 Å². The summed E-state index contributed by atoms with van der Waals surface area (Å²) in [4.78, 5) is 24.1. The second-order valence-corrected chi connectivity index (χ2v) is 11.5. The number of alkyl halides is 2. The molecule has 1 N–H and O–H groups in total. The van der Waals surface area contributed by atoms with Crippen LogP contribution < -0.4 is 0 Å². The van der Waals surface area contributed by atoms with Gasteiger partial charge in [-0.15, -0.1) is 0 Å². The number of carboxylic acids is 1. The van der Waals surface area contributed by atoms with Crippen molar-refractivity contribution < 1.29 is 28.0 Å². The standard InChI is InChI=1S/C27H34ClF2NO4/c1-15-5-6-17(21(28)9-15)12-20(32)13-18(7-8-22(33)34)24-23(26(29)30)25(35-31-24)19-10-16(11-19)14-27(2,3)4/h5-6,9,16,18-19,26H,7-8,10-14H2,1-4H3,(H,33,34). The number of ketones is 1. The third-order valence-electron chi connectivity index (χ3n) is 6.67. The van der Waals surface area contributed by atoms with Gasteiger partial charge in [-0.05, 0) is 61.1 Å². The molecule has 192 valence electrons. The number of carboxylic acid groups (broad SMARTS) is 1. The van der Waals surface area contributed by atoms with Crippen LogP contribution in [0.3, 0.4) is 0 Å². The minimum Gasteiger partial charge on any atom is -0.481 e. The molecule has 1 saturated carbocycles. The number of carbonyl (C=O) groups excluding carboxylic acids is 1. The van der Waals surface area contributed by atoms with Gasteiger partial charge in [0.05, 0.1) is 11.3 Å². The Kier molecular flexibility index (Phi) is 8.73. The van der Waals surface area contributed by atoms with Gasteiger partial charge in [0.15, 0.2) is 0 Å². The number of benzene rings is 1. The molecule has 0 saturated heterocycles. The Hall–Kier alpha value is -2.28. The van der Waals surface area contributed by atoms with Crippen LogP contribution in [-0.4, -0.2) is 22.0 Å². The van der Waals surface area contributed by atoms with Crippen molar-refractivity contribution in [2.24, 2.45) is 11.3 Å². The van der Waals surface area contributed by atoms with E-state index in [2.05, 4.69) is 25.9 Å². The smallest absolute Gasteiger partial charge is 0.303 e. The summed E-state index contributed by atoms with van der Waals surface area (Å²) >= 11 is 6.25. The summed E-state index contributed by atoms with van der Waals surface area (Å²) in [6.07, 6.45) is -0.605. The van der Waals surface area contributed by atoms with Gasteiger partial charge in [0.1, 0.15) is 11.5 Å². The topological polar surface area (TPSA) is 80.4 Å². The Bertz CT molecular complexity index is 1050. The van der Waals surface area contributed by atoms with E-state index < -0.39 is 18.3 Å². The monoisotopic (exact) mass is 509 g/mol. The lowest BCUT2D eigenvalue weighted by atomic mass is 9.67. The number of rotatable bonds is 11. The van der Waals surface area contributed by atoms with Gasteiger partial charge in [0.25, 0.3) is 6.43 Å². The van der Waals surface area contributed by atoms with Crippen molar-refractivity contribution in [2.45, 2.75) is 90.9 Å². The molecule has 3 rings (SSSR count). The third-order valence-corrected chi connectivity index (χ3v) is 7.02. The fraction of sp³-hybridized carbons (Fsp3) is 0.593. The Morgan fingerprint density at radius 3 is 2.51 bits per heavy atom. The molecule has 35 heavy (non-hydrogen) atoms. The molecular formula is C27H34ClF2NO4. The van der Waals surface area contributed by atoms with E-state index in [-0.39, 0.29) is 59.8 Å². The molecule has 0 bridgehead atoms. The Balaban J connectivity index is 1.80. The van der Waals surface area contributed by atoms with Crippen LogP contribution in [-0.2, 0) is 16.0 Å². The zero-order valence-corrected chi connectivity index (χ0v) is 21.5. The molecule has 1 aromatic carbocycles. The quantitative estimate of drug-likeness (QED) is 0.336. The zero-order valence-electron chi connectivity index (χ0n) is 20.7. The Labute approximate surface area is 210 Å². The molecule has 1 unspecified atom stereocenters. The predicted molar refractivity (Wildman–Crippen MR) is 130 cm³/mol. The molecule has 0 spiro atoms. The van der Waals surface area contributed by atoms with E-state index in [1.807, 2.05) is 13.0 Å². The predicted octanol–water partition coefficient (Wildman–Crippen LogP) is 7.65. The summed E-state index contributed by atoms with van der Waals surface area (Å²) in [5, 5.41) is 13.6. The van der Waals surface area contributed by atoms with Crippen LogP contribution in [0.1, 0.15) is 106 Å². The fourth-order valence-electron chi connectivity index (χ4n) is 5.10. The Morgan fingerprint density at radius 2 is 1.94 bits per heavy atom. The molecule has 1 aromatic heterocycles. The molecule has 0 aliphatic heterocycles. The van der Waals surface area contributed by atoms with Gasteiger partial charge in [-0.3, -0.25) is 9.59 Å². The molecule has 0 radical (unpaired) electrons. The van der Waals surface area contributed by atoms with E-state index in [1.54, 1.807) is 12.1 Å². The van der Waals surface area contributed by atoms with Crippen LogP contribution in [0.5, 0.6) is 0 Å². The third kappa shape index (κ3) is 7.35. The van der Waals surface area contributed by atoms with Crippen molar-refractivity contribution in [3.05, 3.63) is 51.4 Å². The van der Waals surface area contributed by atoms with Gasteiger partial charge in [-0.2, -0.15) is 0 Å². The van der Waals surface area contributed by atoms with Gasteiger partial charge < -0.3 is 9.63 Å². The van der Waals surface area contributed by atoms with Crippen molar-refractivity contribution >= 4 is 23.4 Å². The van der Waals surface area contributed by atoms with Gasteiger partial charge in [0, 0.05) is 36.1 Å². The fourth-order valence-corrected chi connectivity index (χ4v) is 5.40. The van der Waals surface area contributed by atoms with E-state index in [1.165, 1.54) is 0 Å². The number of hydrogen-bond donors (Lipinski definition) is 1. The summed E-state index contributed by atoms with van der Waals surface area (Å²) < 4.78 is 33.9. The van der Waals surface area contributed by atoms with Crippen molar-refractivity contribution in [2.75, 3.05) is 0 Å². The molecular weight excluding hydrogens is 476 g/mol. The minimum atomic E-state index is -2.82. The molecule has 1 atom stereocenters. The first-order chi connectivity index (χ1) is 16.3. The second-order valence-electron chi connectivity index (χ2n) is 11.1. The maximum atomic E-state index is 14.2. The summed E-state index contributed by atoms with van der Waals surface area (Å²) in [6.45, 7) is 8.36. The SMILES string of the molecule is Cc1ccc(CC(=O)CC(CCC(=O)O)c2noc(C3CC(CC(C)(C)C)C3)c2C(F)F)c(Cl)c1. The van der Waals surface area contributed by atoms with E-state index in [4.69, 9.17) is 16.1 Å². The van der Waals surface area contributed by atoms with E-state index in [0.29, 0.717) is 16.5 Å². The molecule has 5 nitrogen and oxygen atoms in total.